The molecule has 18 heteroatoms. The number of hydrogen-bond donors (Lipinski definition) is 3. The van der Waals surface area contributed by atoms with E-state index in [1.165, 1.54) is 12.1 Å². The molecule has 0 saturated carbocycles. The summed E-state index contributed by atoms with van der Waals surface area (Å²) in [4.78, 5) is 7.19. The Hall–Kier alpha value is -4.22. The Bertz CT molecular complexity index is 1310. The molecule has 0 spiro atoms. The first kappa shape index (κ1) is 30.3. The number of benzene rings is 2. The van der Waals surface area contributed by atoms with Crippen LogP contribution in [0.15, 0.2) is 59.7 Å². The number of nitrogens with one attached hydrogen (secondary N) is 2. The number of ether oxygens (including phenoxy) is 1. The molecule has 3 aromatic rings. The van der Waals surface area contributed by atoms with Crippen molar-refractivity contribution in [3.63, 3.8) is 0 Å². The summed E-state index contributed by atoms with van der Waals surface area (Å²) in [6.07, 6.45) is -19.8. The van der Waals surface area contributed by atoms with Crippen molar-refractivity contribution in [3.8, 4) is 5.75 Å². The molecule has 0 aliphatic rings. The molecule has 0 amide bonds. The van der Waals surface area contributed by atoms with E-state index in [2.05, 4.69) is 30.5 Å². The maximum absolute atomic E-state index is 13.9. The highest BCUT2D eigenvalue weighted by Gasteiger charge is 2.71. The van der Waals surface area contributed by atoms with Crippen molar-refractivity contribution < 1.29 is 58.1 Å². The van der Waals surface area contributed by atoms with Crippen molar-refractivity contribution in [2.45, 2.75) is 30.5 Å². The van der Waals surface area contributed by atoms with Crippen molar-refractivity contribution in [1.29, 1.82) is 0 Å². The molecular weight excluding hydrogens is 575 g/mol. The van der Waals surface area contributed by atoms with Gasteiger partial charge in [0, 0.05) is 17.3 Å². The molecule has 1 heterocycles. The Balaban J connectivity index is 1.69. The molecule has 7 nitrogen and oxygen atoms in total. The van der Waals surface area contributed by atoms with Crippen molar-refractivity contribution in [2.75, 3.05) is 10.7 Å². The van der Waals surface area contributed by atoms with Crippen LogP contribution in [0.2, 0.25) is 0 Å². The normalized spacial score (nSPS) is 13.1. The summed E-state index contributed by atoms with van der Waals surface area (Å²) in [6.45, 7) is 0. The number of rotatable bonds is 9. The number of alkyl halides is 10. The van der Waals surface area contributed by atoms with Crippen LogP contribution in [0.4, 0.5) is 65.7 Å². The minimum absolute atomic E-state index is 0.136. The van der Waals surface area contributed by atoms with Crippen LogP contribution in [0.5, 0.6) is 5.75 Å². The zero-order valence-corrected chi connectivity index (χ0v) is 19.2. The number of aromatic nitrogens is 2. The van der Waals surface area contributed by atoms with Crippen molar-refractivity contribution in [3.05, 3.63) is 71.7 Å². The lowest BCUT2D eigenvalue weighted by Crippen LogP contribution is -2.53. The fraction of sp³-hybridized carbons (Fsp3) is 0.227. The van der Waals surface area contributed by atoms with Gasteiger partial charge in [-0.15, -0.1) is 0 Å². The summed E-state index contributed by atoms with van der Waals surface area (Å²) in [5.41, 5.74) is -4.30. The molecule has 0 unspecified atom stereocenters. The first-order valence-corrected chi connectivity index (χ1v) is 10.4. The number of aliphatic hydroxyl groups is 1. The predicted molar refractivity (Wildman–Crippen MR) is 117 cm³/mol. The Morgan fingerprint density at radius 2 is 1.43 bits per heavy atom. The predicted octanol–water partition coefficient (Wildman–Crippen LogP) is 6.35. The SMILES string of the molecule is OC(c1ccc(Nc2cc(F)nc(NN=Cc3ccc(OC(F)(F)C(F)F)cc3)n2)cc1)(C(F)(F)F)C(F)(F)F. The molecule has 0 fully saturated rings. The molecule has 3 N–H and O–H groups in total. The number of halogens is 11. The highest BCUT2D eigenvalue weighted by molar-refractivity contribution is 5.80. The van der Waals surface area contributed by atoms with E-state index < -0.39 is 53.7 Å². The Labute approximate surface area is 216 Å². The third kappa shape index (κ3) is 6.85. The highest BCUT2D eigenvalue weighted by atomic mass is 19.4. The molecule has 1 aromatic heterocycles. The molecule has 3 rings (SSSR count). The van der Waals surface area contributed by atoms with E-state index in [0.717, 1.165) is 36.5 Å². The first-order valence-electron chi connectivity index (χ1n) is 10.4. The van der Waals surface area contributed by atoms with Crippen LogP contribution in [0.1, 0.15) is 11.1 Å². The molecule has 0 bridgehead atoms. The molecule has 0 saturated heterocycles. The summed E-state index contributed by atoms with van der Waals surface area (Å²) < 4.78 is 146. The maximum atomic E-state index is 13.9. The number of anilines is 3. The van der Waals surface area contributed by atoms with Gasteiger partial charge in [-0.2, -0.15) is 63.4 Å². The Kier molecular flexibility index (Phi) is 8.42. The van der Waals surface area contributed by atoms with Crippen LogP contribution in [0.25, 0.3) is 0 Å². The van der Waals surface area contributed by atoms with Crippen LogP contribution >= 0.6 is 0 Å². The van der Waals surface area contributed by atoms with Gasteiger partial charge in [-0.3, -0.25) is 0 Å². The second kappa shape index (κ2) is 11.1. The van der Waals surface area contributed by atoms with Crippen LogP contribution in [-0.4, -0.2) is 46.2 Å². The minimum Gasteiger partial charge on any atom is -0.428 e. The van der Waals surface area contributed by atoms with E-state index >= 15 is 0 Å². The van der Waals surface area contributed by atoms with E-state index in [-0.39, 0.29) is 17.1 Å². The number of nitrogens with zero attached hydrogens (tertiary/aromatic N) is 3. The van der Waals surface area contributed by atoms with Gasteiger partial charge >= 0.3 is 24.9 Å². The lowest BCUT2D eigenvalue weighted by atomic mass is 9.92. The van der Waals surface area contributed by atoms with Gasteiger partial charge in [-0.05, 0) is 42.0 Å². The number of hydrogen-bond acceptors (Lipinski definition) is 7. The molecule has 0 atom stereocenters. The van der Waals surface area contributed by atoms with Gasteiger partial charge in [0.2, 0.25) is 11.9 Å². The highest BCUT2D eigenvalue weighted by Crippen LogP contribution is 2.50. The summed E-state index contributed by atoms with van der Waals surface area (Å²) in [5.74, 6) is -2.46. The molecule has 0 aliphatic carbocycles. The largest absolute Gasteiger partial charge is 0.461 e. The van der Waals surface area contributed by atoms with Crippen LogP contribution in [0, 0.1) is 5.95 Å². The summed E-state index contributed by atoms with van der Waals surface area (Å²) in [6, 6.07) is 7.24. The Morgan fingerprint density at radius 3 is 1.95 bits per heavy atom. The van der Waals surface area contributed by atoms with E-state index in [4.69, 9.17) is 0 Å². The van der Waals surface area contributed by atoms with E-state index in [1.807, 2.05) is 0 Å². The summed E-state index contributed by atoms with van der Waals surface area (Å²) >= 11 is 0. The number of hydrazone groups is 1. The van der Waals surface area contributed by atoms with Gasteiger partial charge < -0.3 is 15.2 Å². The molecule has 0 aliphatic heterocycles. The van der Waals surface area contributed by atoms with Gasteiger partial charge in [0.05, 0.1) is 6.21 Å². The lowest BCUT2D eigenvalue weighted by molar-refractivity contribution is -0.376. The topological polar surface area (TPSA) is 91.7 Å². The smallest absolute Gasteiger partial charge is 0.428 e. The van der Waals surface area contributed by atoms with Gasteiger partial charge in [-0.25, -0.2) is 5.43 Å². The zero-order chi connectivity index (χ0) is 29.9. The summed E-state index contributed by atoms with van der Waals surface area (Å²) in [5, 5.41) is 15.5. The molecule has 0 radical (unpaired) electrons. The standard InChI is InChI=1S/C22H14F11N5O2/c23-15-9-16(35-13-5-3-12(4-6-13)19(39,21(28,29)30)22(31,32)33)37-18(36-15)38-34-10-11-1-7-14(8-2-11)40-20(26,27)17(24)25/h1-10,17,39H,(H2,35,36,37,38). The maximum Gasteiger partial charge on any atom is 0.461 e. The lowest BCUT2D eigenvalue weighted by Gasteiger charge is -2.32. The van der Waals surface area contributed by atoms with E-state index in [0.29, 0.717) is 12.1 Å². The average molecular weight is 589 g/mol. The first-order chi connectivity index (χ1) is 18.4. The average Bonchev–Trinajstić information content (AvgIpc) is 2.83. The van der Waals surface area contributed by atoms with Gasteiger partial charge in [0.25, 0.3) is 5.60 Å². The minimum atomic E-state index is -6.07. The third-order valence-corrected chi connectivity index (χ3v) is 4.86. The van der Waals surface area contributed by atoms with E-state index in [9.17, 15) is 53.4 Å². The van der Waals surface area contributed by atoms with E-state index in [1.54, 1.807) is 0 Å². The molecule has 40 heavy (non-hydrogen) atoms. The van der Waals surface area contributed by atoms with Crippen LogP contribution in [0.3, 0.4) is 0 Å². The third-order valence-electron chi connectivity index (χ3n) is 4.86. The van der Waals surface area contributed by atoms with Gasteiger partial charge in [0.15, 0.2) is 0 Å². The fourth-order valence-electron chi connectivity index (χ4n) is 2.95. The van der Waals surface area contributed by atoms with Crippen molar-refractivity contribution >= 4 is 23.7 Å². The monoisotopic (exact) mass is 589 g/mol. The van der Waals surface area contributed by atoms with Crippen LogP contribution < -0.4 is 15.5 Å². The molecular formula is C22H14F11N5O2. The second-order valence-electron chi connectivity index (χ2n) is 7.71. The zero-order valence-electron chi connectivity index (χ0n) is 19.2. The molecule has 216 valence electrons. The van der Waals surface area contributed by atoms with Gasteiger partial charge in [0.1, 0.15) is 11.6 Å². The summed E-state index contributed by atoms with van der Waals surface area (Å²) in [7, 11) is 0. The molecule has 2 aromatic carbocycles. The Morgan fingerprint density at radius 1 is 0.850 bits per heavy atom. The van der Waals surface area contributed by atoms with Crippen molar-refractivity contribution in [2.24, 2.45) is 5.10 Å². The quantitative estimate of drug-likeness (QED) is 0.117. The second-order valence-corrected chi connectivity index (χ2v) is 7.71. The van der Waals surface area contributed by atoms with Crippen LogP contribution in [-0.2, 0) is 5.60 Å². The van der Waals surface area contributed by atoms with Crippen molar-refractivity contribution in [1.82, 2.24) is 9.97 Å². The fourth-order valence-corrected chi connectivity index (χ4v) is 2.95. The van der Waals surface area contributed by atoms with Gasteiger partial charge in [-0.1, -0.05) is 12.1 Å².